The number of hydrogen-bond donors (Lipinski definition) is 0. The number of rotatable bonds is 3. The highest BCUT2D eigenvalue weighted by Crippen LogP contribution is 2.21. The molecule has 1 aromatic carbocycles. The first-order valence-corrected chi connectivity index (χ1v) is 7.01. The van der Waals surface area contributed by atoms with E-state index in [2.05, 4.69) is 27.6 Å². The lowest BCUT2D eigenvalue weighted by Crippen LogP contribution is -2.20. The molecule has 0 saturated carbocycles. The molecule has 1 aliphatic rings. The molecule has 1 aliphatic heterocycles. The van der Waals surface area contributed by atoms with Crippen molar-refractivity contribution in [3.05, 3.63) is 41.7 Å². The van der Waals surface area contributed by atoms with Crippen molar-refractivity contribution >= 4 is 0 Å². The molecule has 1 fully saturated rings. The predicted molar refractivity (Wildman–Crippen MR) is 77.9 cm³/mol. The molecule has 4 heteroatoms. The smallest absolute Gasteiger partial charge is 0.139 e. The summed E-state index contributed by atoms with van der Waals surface area (Å²) < 4.78 is 2.15. The van der Waals surface area contributed by atoms with Gasteiger partial charge in [-0.2, -0.15) is 5.26 Å². The Morgan fingerprint density at radius 1 is 1.20 bits per heavy atom. The van der Waals surface area contributed by atoms with Gasteiger partial charge in [0.1, 0.15) is 5.82 Å². The predicted octanol–water partition coefficient (Wildman–Crippen LogP) is 2.55. The molecule has 1 aromatic heterocycles. The molecule has 0 amide bonds. The molecule has 0 aliphatic carbocycles. The van der Waals surface area contributed by atoms with Crippen molar-refractivity contribution in [2.45, 2.75) is 19.4 Å². The number of benzene rings is 1. The van der Waals surface area contributed by atoms with Crippen LogP contribution in [0, 0.1) is 11.3 Å². The van der Waals surface area contributed by atoms with Crippen LogP contribution < -0.4 is 0 Å². The number of likely N-dealkylation sites (tertiary alicyclic amines) is 1. The van der Waals surface area contributed by atoms with E-state index in [0.29, 0.717) is 5.56 Å². The Morgan fingerprint density at radius 2 is 1.90 bits per heavy atom. The summed E-state index contributed by atoms with van der Waals surface area (Å²) >= 11 is 0. The van der Waals surface area contributed by atoms with Gasteiger partial charge in [-0.25, -0.2) is 4.98 Å². The van der Waals surface area contributed by atoms with Gasteiger partial charge in [0.25, 0.3) is 0 Å². The second kappa shape index (κ2) is 5.48. The minimum absolute atomic E-state index is 0.681. The summed E-state index contributed by atoms with van der Waals surface area (Å²) in [5.41, 5.74) is 2.98. The van der Waals surface area contributed by atoms with Crippen LogP contribution in [0.3, 0.4) is 0 Å². The van der Waals surface area contributed by atoms with Crippen LogP contribution in [0.5, 0.6) is 0 Å². The van der Waals surface area contributed by atoms with Gasteiger partial charge < -0.3 is 4.57 Å². The maximum absolute atomic E-state index is 8.84. The first-order chi connectivity index (χ1) is 9.78. The standard InChI is InChI=1S/C16H18N4/c1-19-15(12-20-8-2-3-9-20)11-18-16(19)14-6-4-13(10-17)5-7-14/h4-7,11H,2-3,8-9,12H2,1H3. The van der Waals surface area contributed by atoms with Crippen LogP contribution in [-0.4, -0.2) is 27.5 Å². The van der Waals surface area contributed by atoms with Crippen LogP contribution in [0.4, 0.5) is 0 Å². The molecule has 2 heterocycles. The fraction of sp³-hybridized carbons (Fsp3) is 0.375. The van der Waals surface area contributed by atoms with Crippen LogP contribution in [0.15, 0.2) is 30.5 Å². The Hall–Kier alpha value is -2.12. The minimum atomic E-state index is 0.681. The molecule has 102 valence electrons. The number of imidazole rings is 1. The second-order valence-electron chi connectivity index (χ2n) is 5.30. The zero-order valence-corrected chi connectivity index (χ0v) is 11.7. The molecule has 20 heavy (non-hydrogen) atoms. The van der Waals surface area contributed by atoms with Crippen LogP contribution in [0.1, 0.15) is 24.1 Å². The molecule has 1 saturated heterocycles. The van der Waals surface area contributed by atoms with Crippen molar-refractivity contribution in [3.63, 3.8) is 0 Å². The Morgan fingerprint density at radius 3 is 2.55 bits per heavy atom. The maximum atomic E-state index is 8.84. The van der Waals surface area contributed by atoms with Crippen molar-refractivity contribution in [2.75, 3.05) is 13.1 Å². The largest absolute Gasteiger partial charge is 0.330 e. The third-order valence-electron chi connectivity index (χ3n) is 3.94. The molecule has 4 nitrogen and oxygen atoms in total. The van der Waals surface area contributed by atoms with Gasteiger partial charge in [0.2, 0.25) is 0 Å². The number of hydrogen-bond acceptors (Lipinski definition) is 3. The van der Waals surface area contributed by atoms with Gasteiger partial charge in [-0.3, -0.25) is 4.90 Å². The fourth-order valence-corrected chi connectivity index (χ4v) is 2.72. The van der Waals surface area contributed by atoms with E-state index in [1.807, 2.05) is 30.5 Å². The summed E-state index contributed by atoms with van der Waals surface area (Å²) in [6.07, 6.45) is 4.58. The highest BCUT2D eigenvalue weighted by molar-refractivity contribution is 5.57. The molecule has 0 atom stereocenters. The van der Waals surface area contributed by atoms with Crippen LogP contribution >= 0.6 is 0 Å². The van der Waals surface area contributed by atoms with E-state index in [-0.39, 0.29) is 0 Å². The molecule has 0 bridgehead atoms. The van der Waals surface area contributed by atoms with Crippen LogP contribution in [-0.2, 0) is 13.6 Å². The molecule has 0 N–H and O–H groups in total. The van der Waals surface area contributed by atoms with Gasteiger partial charge in [-0.15, -0.1) is 0 Å². The average molecular weight is 266 g/mol. The number of nitrogens with zero attached hydrogens (tertiary/aromatic N) is 4. The SMILES string of the molecule is Cn1c(CN2CCCC2)cnc1-c1ccc(C#N)cc1. The van der Waals surface area contributed by atoms with Crippen molar-refractivity contribution in [3.8, 4) is 17.5 Å². The number of aromatic nitrogens is 2. The van der Waals surface area contributed by atoms with Crippen LogP contribution in [0.2, 0.25) is 0 Å². The molecule has 0 radical (unpaired) electrons. The highest BCUT2D eigenvalue weighted by Gasteiger charge is 2.15. The van der Waals surface area contributed by atoms with Gasteiger partial charge in [0, 0.05) is 19.2 Å². The zero-order chi connectivity index (χ0) is 13.9. The van der Waals surface area contributed by atoms with E-state index in [0.717, 1.165) is 17.9 Å². The number of nitriles is 1. The Balaban J connectivity index is 1.83. The lowest BCUT2D eigenvalue weighted by molar-refractivity contribution is 0.323. The fourth-order valence-electron chi connectivity index (χ4n) is 2.72. The summed E-state index contributed by atoms with van der Waals surface area (Å²) in [6, 6.07) is 9.73. The second-order valence-corrected chi connectivity index (χ2v) is 5.30. The van der Waals surface area contributed by atoms with Gasteiger partial charge in [-0.05, 0) is 50.2 Å². The molecule has 0 spiro atoms. The Bertz CT molecular complexity index is 627. The zero-order valence-electron chi connectivity index (χ0n) is 11.7. The summed E-state index contributed by atoms with van der Waals surface area (Å²) in [4.78, 5) is 7.01. The molecule has 2 aromatic rings. The monoisotopic (exact) mass is 266 g/mol. The Labute approximate surface area is 119 Å². The highest BCUT2D eigenvalue weighted by atomic mass is 15.2. The van der Waals surface area contributed by atoms with E-state index < -0.39 is 0 Å². The van der Waals surface area contributed by atoms with Crippen molar-refractivity contribution < 1.29 is 0 Å². The maximum Gasteiger partial charge on any atom is 0.139 e. The van der Waals surface area contributed by atoms with E-state index in [9.17, 15) is 0 Å². The molecular weight excluding hydrogens is 248 g/mol. The van der Waals surface area contributed by atoms with E-state index >= 15 is 0 Å². The Kier molecular flexibility index (Phi) is 3.53. The van der Waals surface area contributed by atoms with Crippen molar-refractivity contribution in [1.29, 1.82) is 5.26 Å². The third-order valence-corrected chi connectivity index (χ3v) is 3.94. The van der Waals surface area contributed by atoms with E-state index in [4.69, 9.17) is 5.26 Å². The summed E-state index contributed by atoms with van der Waals surface area (Å²) in [5, 5.41) is 8.84. The summed E-state index contributed by atoms with van der Waals surface area (Å²) in [5.74, 6) is 0.962. The first kappa shape index (κ1) is 12.9. The topological polar surface area (TPSA) is 44.9 Å². The average Bonchev–Trinajstić information content (AvgIpc) is 3.11. The molecular formula is C16H18N4. The van der Waals surface area contributed by atoms with E-state index in [1.165, 1.54) is 31.6 Å². The van der Waals surface area contributed by atoms with Crippen molar-refractivity contribution in [2.24, 2.45) is 7.05 Å². The lowest BCUT2D eigenvalue weighted by atomic mass is 10.1. The quantitative estimate of drug-likeness (QED) is 0.857. The minimum Gasteiger partial charge on any atom is -0.330 e. The lowest BCUT2D eigenvalue weighted by Gasteiger charge is -2.15. The van der Waals surface area contributed by atoms with Gasteiger partial charge >= 0.3 is 0 Å². The molecule has 0 unspecified atom stereocenters. The first-order valence-electron chi connectivity index (χ1n) is 7.01. The summed E-state index contributed by atoms with van der Waals surface area (Å²) in [7, 11) is 2.06. The normalized spacial score (nSPS) is 15.4. The van der Waals surface area contributed by atoms with Gasteiger partial charge in [0.15, 0.2) is 0 Å². The summed E-state index contributed by atoms with van der Waals surface area (Å²) in [6.45, 7) is 3.36. The molecule has 3 rings (SSSR count). The van der Waals surface area contributed by atoms with Crippen LogP contribution in [0.25, 0.3) is 11.4 Å². The van der Waals surface area contributed by atoms with Gasteiger partial charge in [0.05, 0.1) is 23.5 Å². The van der Waals surface area contributed by atoms with Crippen molar-refractivity contribution in [1.82, 2.24) is 14.5 Å². The van der Waals surface area contributed by atoms with Gasteiger partial charge in [-0.1, -0.05) is 0 Å². The third kappa shape index (κ3) is 2.45. The van der Waals surface area contributed by atoms with E-state index in [1.54, 1.807) is 0 Å².